The van der Waals surface area contributed by atoms with Crippen LogP contribution in [0.3, 0.4) is 0 Å². The van der Waals surface area contributed by atoms with Gasteiger partial charge in [-0.05, 0) is 55.3 Å². The third kappa shape index (κ3) is 8.15. The largest absolute Gasteiger partial charge is 0.354 e. The highest BCUT2D eigenvalue weighted by Gasteiger charge is 2.30. The molecule has 1 atom stereocenters. The van der Waals surface area contributed by atoms with Crippen LogP contribution in [0.1, 0.15) is 32.3 Å². The second kappa shape index (κ2) is 12.8. The predicted octanol–water partition coefficient (Wildman–Crippen LogP) is 4.86. The number of hydrogen-bond donors (Lipinski definition) is 1. The fraction of sp³-hybridized carbons (Fsp3) is 0.391. The second-order valence-corrected chi connectivity index (χ2v) is 11.5. The van der Waals surface area contributed by atoms with E-state index < -0.39 is 28.5 Å². The minimum atomic E-state index is -3.78. The van der Waals surface area contributed by atoms with Crippen molar-refractivity contribution in [3.05, 3.63) is 62.5 Å². The normalized spacial score (nSPS) is 12.2. The van der Waals surface area contributed by atoms with Gasteiger partial charge in [-0.1, -0.05) is 58.5 Å². The van der Waals surface area contributed by atoms with Crippen LogP contribution in [0.2, 0.25) is 10.0 Å². The molecule has 0 radical (unpaired) electrons. The Morgan fingerprint density at radius 3 is 2.29 bits per heavy atom. The molecule has 0 heterocycles. The summed E-state index contributed by atoms with van der Waals surface area (Å²) in [4.78, 5) is 27.6. The summed E-state index contributed by atoms with van der Waals surface area (Å²) in [6, 6.07) is 10.7. The molecule has 186 valence electrons. The molecule has 34 heavy (non-hydrogen) atoms. The topological polar surface area (TPSA) is 86.8 Å². The maximum atomic E-state index is 13.4. The van der Waals surface area contributed by atoms with Crippen molar-refractivity contribution in [3.63, 3.8) is 0 Å². The lowest BCUT2D eigenvalue weighted by molar-refractivity contribution is -0.139. The maximum absolute atomic E-state index is 13.4. The third-order valence-corrected chi connectivity index (χ3v) is 7.54. The number of nitrogens with zero attached hydrogens (tertiary/aromatic N) is 2. The number of nitrogens with one attached hydrogen (secondary N) is 1. The van der Waals surface area contributed by atoms with E-state index in [0.29, 0.717) is 27.8 Å². The summed E-state index contributed by atoms with van der Waals surface area (Å²) in [5.41, 5.74) is 0.999. The standard InChI is InChI=1S/C23H28BrCl2N3O4S/c1-4-5-12-27-23(31)16(2)28(14-17-6-11-20(25)21(26)13-17)22(30)15-29(34(3,32)33)19-9-7-18(24)8-10-19/h6-11,13,16H,4-5,12,14-15H2,1-3H3,(H,27,31). The van der Waals surface area contributed by atoms with Crippen LogP contribution in [0, 0.1) is 0 Å². The Kier molecular flexibility index (Phi) is 10.7. The molecule has 0 saturated heterocycles. The first kappa shape index (κ1) is 28.4. The summed E-state index contributed by atoms with van der Waals surface area (Å²) in [7, 11) is -3.78. The highest BCUT2D eigenvalue weighted by Crippen LogP contribution is 2.25. The van der Waals surface area contributed by atoms with Crippen LogP contribution in [-0.4, -0.2) is 50.5 Å². The SMILES string of the molecule is CCCCNC(=O)C(C)N(Cc1ccc(Cl)c(Cl)c1)C(=O)CN(c1ccc(Br)cc1)S(C)(=O)=O. The van der Waals surface area contributed by atoms with Crippen molar-refractivity contribution in [1.29, 1.82) is 0 Å². The molecule has 7 nitrogen and oxygen atoms in total. The molecule has 0 bridgehead atoms. The van der Waals surface area contributed by atoms with Gasteiger partial charge in [0.25, 0.3) is 0 Å². The molecule has 2 amide bonds. The van der Waals surface area contributed by atoms with Crippen molar-refractivity contribution in [2.24, 2.45) is 0 Å². The molecule has 0 aromatic heterocycles. The molecule has 2 aromatic carbocycles. The third-order valence-electron chi connectivity index (χ3n) is 5.13. The van der Waals surface area contributed by atoms with E-state index in [9.17, 15) is 18.0 Å². The van der Waals surface area contributed by atoms with Crippen LogP contribution in [0.5, 0.6) is 0 Å². The Balaban J connectivity index is 2.36. The van der Waals surface area contributed by atoms with Gasteiger partial charge in [0.2, 0.25) is 21.8 Å². The molecule has 0 aliphatic heterocycles. The van der Waals surface area contributed by atoms with Gasteiger partial charge in [0, 0.05) is 17.6 Å². The molecule has 1 N–H and O–H groups in total. The molecule has 2 aromatic rings. The minimum Gasteiger partial charge on any atom is -0.354 e. The van der Waals surface area contributed by atoms with Gasteiger partial charge >= 0.3 is 0 Å². The summed E-state index contributed by atoms with van der Waals surface area (Å²) >= 11 is 15.5. The molecule has 0 spiro atoms. The van der Waals surface area contributed by atoms with Crippen LogP contribution in [-0.2, 0) is 26.2 Å². The van der Waals surface area contributed by atoms with Crippen molar-refractivity contribution in [3.8, 4) is 0 Å². The Morgan fingerprint density at radius 1 is 1.09 bits per heavy atom. The maximum Gasteiger partial charge on any atom is 0.244 e. The fourth-order valence-corrected chi connectivity index (χ4v) is 4.61. The Morgan fingerprint density at radius 2 is 1.74 bits per heavy atom. The van der Waals surface area contributed by atoms with Crippen molar-refractivity contribution in [1.82, 2.24) is 10.2 Å². The van der Waals surface area contributed by atoms with Crippen LogP contribution >= 0.6 is 39.1 Å². The molecule has 0 aliphatic rings. The van der Waals surface area contributed by atoms with Crippen LogP contribution in [0.4, 0.5) is 5.69 Å². The van der Waals surface area contributed by atoms with E-state index in [-0.39, 0.29) is 12.5 Å². The average Bonchev–Trinajstić information content (AvgIpc) is 2.77. The monoisotopic (exact) mass is 591 g/mol. The number of benzene rings is 2. The van der Waals surface area contributed by atoms with Gasteiger partial charge in [-0.25, -0.2) is 8.42 Å². The number of carbonyl (C=O) groups excluding carboxylic acids is 2. The number of hydrogen-bond acceptors (Lipinski definition) is 4. The number of rotatable bonds is 11. The Labute approximate surface area is 219 Å². The van der Waals surface area contributed by atoms with Crippen molar-refractivity contribution >= 4 is 66.7 Å². The summed E-state index contributed by atoms with van der Waals surface area (Å²) in [5, 5.41) is 3.52. The van der Waals surface area contributed by atoms with Gasteiger partial charge in [-0.2, -0.15) is 0 Å². The quantitative estimate of drug-likeness (QED) is 0.378. The lowest BCUT2D eigenvalue weighted by Crippen LogP contribution is -2.51. The van der Waals surface area contributed by atoms with Gasteiger partial charge in [-0.3, -0.25) is 13.9 Å². The summed E-state index contributed by atoms with van der Waals surface area (Å²) in [6.07, 6.45) is 2.76. The molecule has 2 rings (SSSR count). The van der Waals surface area contributed by atoms with Crippen molar-refractivity contribution in [2.45, 2.75) is 39.3 Å². The summed E-state index contributed by atoms with van der Waals surface area (Å²) < 4.78 is 26.8. The zero-order chi connectivity index (χ0) is 25.5. The zero-order valence-electron chi connectivity index (χ0n) is 19.2. The number of sulfonamides is 1. The summed E-state index contributed by atoms with van der Waals surface area (Å²) in [6.45, 7) is 3.70. The first-order valence-electron chi connectivity index (χ1n) is 10.7. The number of halogens is 3. The van der Waals surface area contributed by atoms with Crippen molar-refractivity contribution < 1.29 is 18.0 Å². The zero-order valence-corrected chi connectivity index (χ0v) is 23.1. The van der Waals surface area contributed by atoms with Gasteiger partial charge < -0.3 is 10.2 Å². The molecule has 0 saturated carbocycles. The Bertz CT molecular complexity index is 1110. The highest BCUT2D eigenvalue weighted by atomic mass is 79.9. The molecule has 0 fully saturated rings. The smallest absolute Gasteiger partial charge is 0.244 e. The average molecular weight is 593 g/mol. The van der Waals surface area contributed by atoms with Gasteiger partial charge in [0.1, 0.15) is 12.6 Å². The molecule has 1 unspecified atom stereocenters. The van der Waals surface area contributed by atoms with E-state index in [1.807, 2.05) is 6.92 Å². The van der Waals surface area contributed by atoms with Crippen LogP contribution in [0.25, 0.3) is 0 Å². The van der Waals surface area contributed by atoms with E-state index in [0.717, 1.165) is 27.9 Å². The summed E-state index contributed by atoms with van der Waals surface area (Å²) in [5.74, 6) is -0.853. The molecule has 0 aliphatic carbocycles. The van der Waals surface area contributed by atoms with E-state index in [2.05, 4.69) is 21.2 Å². The highest BCUT2D eigenvalue weighted by molar-refractivity contribution is 9.10. The van der Waals surface area contributed by atoms with Crippen LogP contribution in [0.15, 0.2) is 46.9 Å². The number of anilines is 1. The van der Waals surface area contributed by atoms with E-state index in [4.69, 9.17) is 23.2 Å². The van der Waals surface area contributed by atoms with E-state index >= 15 is 0 Å². The molecular formula is C23H28BrCl2N3O4S. The predicted molar refractivity (Wildman–Crippen MR) is 141 cm³/mol. The van der Waals surface area contributed by atoms with E-state index in [1.54, 1.807) is 49.4 Å². The van der Waals surface area contributed by atoms with Gasteiger partial charge in [0.15, 0.2) is 0 Å². The first-order chi connectivity index (χ1) is 15.9. The number of carbonyl (C=O) groups is 2. The lowest BCUT2D eigenvalue weighted by atomic mass is 10.1. The number of unbranched alkanes of at least 4 members (excludes halogenated alkanes) is 1. The molecule has 11 heteroatoms. The number of amides is 2. The van der Waals surface area contributed by atoms with Gasteiger partial charge in [-0.15, -0.1) is 0 Å². The molecular weight excluding hydrogens is 565 g/mol. The fourth-order valence-electron chi connectivity index (χ4n) is 3.17. The first-order valence-corrected chi connectivity index (χ1v) is 14.1. The lowest BCUT2D eigenvalue weighted by Gasteiger charge is -2.31. The minimum absolute atomic E-state index is 0.0516. The van der Waals surface area contributed by atoms with Gasteiger partial charge in [0.05, 0.1) is 22.0 Å². The second-order valence-electron chi connectivity index (χ2n) is 7.84. The van der Waals surface area contributed by atoms with Crippen molar-refractivity contribution in [2.75, 3.05) is 23.7 Å². The van der Waals surface area contributed by atoms with Crippen LogP contribution < -0.4 is 9.62 Å². The van der Waals surface area contributed by atoms with E-state index in [1.165, 1.54) is 4.90 Å². The Hall–Kier alpha value is -1.81.